The molecule has 2 heteroatoms. The first-order chi connectivity index (χ1) is 8.45. The van der Waals surface area contributed by atoms with Crippen LogP contribution in [0.15, 0.2) is 17.5 Å². The maximum Gasteiger partial charge on any atom is 0.0444 e. The van der Waals surface area contributed by atoms with Gasteiger partial charge in [0, 0.05) is 17.0 Å². The monoisotopic (exact) mass is 249 g/mol. The Labute approximate surface area is 109 Å². The highest BCUT2D eigenvalue weighted by atomic mass is 32.1. The summed E-state index contributed by atoms with van der Waals surface area (Å²) in [5, 5.41) is 2.24. The number of nitrogens with zero attached hydrogens (tertiary/aromatic N) is 1. The molecule has 1 aliphatic heterocycles. The van der Waals surface area contributed by atoms with E-state index in [1.54, 1.807) is 4.88 Å². The summed E-state index contributed by atoms with van der Waals surface area (Å²) in [6.45, 7) is 1.34. The summed E-state index contributed by atoms with van der Waals surface area (Å²) in [5.41, 5.74) is 0. The molecule has 94 valence electrons. The first-order valence-corrected chi connectivity index (χ1v) is 8.12. The van der Waals surface area contributed by atoms with Crippen molar-refractivity contribution in [2.45, 2.75) is 63.5 Å². The molecule has 2 fully saturated rings. The first-order valence-electron chi connectivity index (χ1n) is 7.24. The van der Waals surface area contributed by atoms with Gasteiger partial charge < -0.3 is 0 Å². The van der Waals surface area contributed by atoms with Gasteiger partial charge in [-0.05, 0) is 43.7 Å². The van der Waals surface area contributed by atoms with E-state index in [2.05, 4.69) is 22.4 Å². The Bertz CT molecular complexity index is 327. The molecule has 17 heavy (non-hydrogen) atoms. The van der Waals surface area contributed by atoms with Crippen LogP contribution in [0.3, 0.4) is 0 Å². The average Bonchev–Trinajstić information content (AvgIpc) is 2.94. The molecule has 0 aromatic carbocycles. The molecule has 3 rings (SSSR count). The standard InChI is InChI=1S/C15H23NS/c1-2-7-13(8-3-1)16-11-5-4-9-14(16)15-10-6-12-17-15/h6,10,12-14H,1-5,7-9,11H2. The summed E-state index contributed by atoms with van der Waals surface area (Å²) in [6, 6.07) is 6.19. The van der Waals surface area contributed by atoms with Crippen LogP contribution in [-0.2, 0) is 0 Å². The third-order valence-corrected chi connectivity index (χ3v) is 5.43. The van der Waals surface area contributed by atoms with E-state index in [1.807, 2.05) is 11.3 Å². The fourth-order valence-corrected chi connectivity index (χ4v) is 4.47. The second-order valence-electron chi connectivity index (χ2n) is 5.56. The van der Waals surface area contributed by atoms with Crippen molar-refractivity contribution in [2.75, 3.05) is 6.54 Å². The SMILES string of the molecule is c1csc(C2CCCCN2C2CCCCC2)c1. The molecule has 1 saturated heterocycles. The zero-order valence-electron chi connectivity index (χ0n) is 10.6. The van der Waals surface area contributed by atoms with Gasteiger partial charge in [0.05, 0.1) is 0 Å². The first kappa shape index (κ1) is 11.7. The molecule has 1 atom stereocenters. The summed E-state index contributed by atoms with van der Waals surface area (Å²) in [4.78, 5) is 4.45. The van der Waals surface area contributed by atoms with Gasteiger partial charge in [0.25, 0.3) is 0 Å². The number of hydrogen-bond donors (Lipinski definition) is 0. The highest BCUT2D eigenvalue weighted by Gasteiger charge is 2.30. The molecule has 1 aliphatic carbocycles. The minimum absolute atomic E-state index is 0.742. The van der Waals surface area contributed by atoms with E-state index in [1.165, 1.54) is 57.9 Å². The topological polar surface area (TPSA) is 3.24 Å². The molecule has 0 N–H and O–H groups in total. The van der Waals surface area contributed by atoms with E-state index < -0.39 is 0 Å². The van der Waals surface area contributed by atoms with E-state index in [4.69, 9.17) is 0 Å². The second kappa shape index (κ2) is 5.53. The lowest BCUT2D eigenvalue weighted by molar-refractivity contribution is 0.0740. The fraction of sp³-hybridized carbons (Fsp3) is 0.733. The Kier molecular flexibility index (Phi) is 3.82. The van der Waals surface area contributed by atoms with Crippen molar-refractivity contribution in [3.8, 4) is 0 Å². The van der Waals surface area contributed by atoms with Crippen LogP contribution < -0.4 is 0 Å². The van der Waals surface area contributed by atoms with Gasteiger partial charge in [0.2, 0.25) is 0 Å². The summed E-state index contributed by atoms with van der Waals surface area (Å²) < 4.78 is 0. The number of rotatable bonds is 2. The largest absolute Gasteiger partial charge is 0.293 e. The van der Waals surface area contributed by atoms with Crippen LogP contribution in [0.25, 0.3) is 0 Å². The van der Waals surface area contributed by atoms with Gasteiger partial charge in [-0.25, -0.2) is 0 Å². The highest BCUT2D eigenvalue weighted by Crippen LogP contribution is 2.38. The fourth-order valence-electron chi connectivity index (χ4n) is 3.59. The van der Waals surface area contributed by atoms with Gasteiger partial charge in [-0.3, -0.25) is 4.90 Å². The lowest BCUT2D eigenvalue weighted by atomic mass is 9.90. The van der Waals surface area contributed by atoms with Crippen LogP contribution in [0.5, 0.6) is 0 Å². The summed E-state index contributed by atoms with van der Waals surface area (Å²) in [7, 11) is 0. The van der Waals surface area contributed by atoms with Crippen LogP contribution >= 0.6 is 11.3 Å². The third-order valence-electron chi connectivity index (χ3n) is 4.46. The lowest BCUT2D eigenvalue weighted by Crippen LogP contribution is -2.42. The summed E-state index contributed by atoms with van der Waals surface area (Å²) in [5.74, 6) is 0. The minimum Gasteiger partial charge on any atom is -0.293 e. The zero-order valence-corrected chi connectivity index (χ0v) is 11.4. The molecule has 2 aliphatic rings. The number of hydrogen-bond acceptors (Lipinski definition) is 2. The van der Waals surface area contributed by atoms with Crippen LogP contribution in [0.2, 0.25) is 0 Å². The molecular weight excluding hydrogens is 226 g/mol. The Hall–Kier alpha value is -0.340. The molecule has 0 bridgehead atoms. The van der Waals surface area contributed by atoms with E-state index >= 15 is 0 Å². The molecule has 1 unspecified atom stereocenters. The molecule has 1 saturated carbocycles. The Balaban J connectivity index is 1.75. The van der Waals surface area contributed by atoms with Gasteiger partial charge in [-0.1, -0.05) is 31.7 Å². The lowest BCUT2D eigenvalue weighted by Gasteiger charge is -2.42. The molecule has 0 amide bonds. The second-order valence-corrected chi connectivity index (χ2v) is 6.54. The quantitative estimate of drug-likeness (QED) is 0.740. The van der Waals surface area contributed by atoms with E-state index in [0.717, 1.165) is 12.1 Å². The normalized spacial score (nSPS) is 28.4. The smallest absolute Gasteiger partial charge is 0.0444 e. The molecule has 1 aromatic heterocycles. The average molecular weight is 249 g/mol. The van der Waals surface area contributed by atoms with Gasteiger partial charge in [-0.2, -0.15) is 0 Å². The predicted octanol–water partition coefficient (Wildman–Crippen LogP) is 4.61. The molecule has 1 nitrogen and oxygen atoms in total. The van der Waals surface area contributed by atoms with Crippen molar-refractivity contribution >= 4 is 11.3 Å². The number of thiophene rings is 1. The van der Waals surface area contributed by atoms with E-state index in [-0.39, 0.29) is 0 Å². The van der Waals surface area contributed by atoms with Crippen molar-refractivity contribution in [3.05, 3.63) is 22.4 Å². The molecule has 0 spiro atoms. The maximum absolute atomic E-state index is 2.84. The van der Waals surface area contributed by atoms with Crippen molar-refractivity contribution < 1.29 is 0 Å². The molecule has 2 heterocycles. The Morgan fingerprint density at radius 1 is 1.00 bits per heavy atom. The van der Waals surface area contributed by atoms with Gasteiger partial charge in [0.1, 0.15) is 0 Å². The van der Waals surface area contributed by atoms with Crippen molar-refractivity contribution in [1.82, 2.24) is 4.90 Å². The van der Waals surface area contributed by atoms with Crippen molar-refractivity contribution in [2.24, 2.45) is 0 Å². The van der Waals surface area contributed by atoms with Crippen LogP contribution in [0.1, 0.15) is 62.3 Å². The van der Waals surface area contributed by atoms with E-state index in [0.29, 0.717) is 0 Å². The molecule has 1 aromatic rings. The van der Waals surface area contributed by atoms with Crippen LogP contribution in [0, 0.1) is 0 Å². The third kappa shape index (κ3) is 2.58. The minimum atomic E-state index is 0.742. The van der Waals surface area contributed by atoms with Gasteiger partial charge in [-0.15, -0.1) is 11.3 Å². The molecular formula is C15H23NS. The molecule has 0 radical (unpaired) electrons. The van der Waals surface area contributed by atoms with Crippen molar-refractivity contribution in [3.63, 3.8) is 0 Å². The van der Waals surface area contributed by atoms with Crippen LogP contribution in [0.4, 0.5) is 0 Å². The van der Waals surface area contributed by atoms with Crippen molar-refractivity contribution in [1.29, 1.82) is 0 Å². The summed E-state index contributed by atoms with van der Waals surface area (Å²) >= 11 is 1.96. The van der Waals surface area contributed by atoms with Gasteiger partial charge >= 0.3 is 0 Å². The number of likely N-dealkylation sites (tertiary alicyclic amines) is 1. The number of piperidine rings is 1. The van der Waals surface area contributed by atoms with Crippen LogP contribution in [-0.4, -0.2) is 17.5 Å². The Morgan fingerprint density at radius 3 is 2.59 bits per heavy atom. The zero-order chi connectivity index (χ0) is 11.5. The Morgan fingerprint density at radius 2 is 1.82 bits per heavy atom. The maximum atomic E-state index is 2.84. The van der Waals surface area contributed by atoms with E-state index in [9.17, 15) is 0 Å². The summed E-state index contributed by atoms with van der Waals surface area (Å²) in [6.07, 6.45) is 11.5. The van der Waals surface area contributed by atoms with Gasteiger partial charge in [0.15, 0.2) is 0 Å². The predicted molar refractivity (Wildman–Crippen MR) is 74.5 cm³/mol. The highest BCUT2D eigenvalue weighted by molar-refractivity contribution is 7.10.